The van der Waals surface area contributed by atoms with E-state index in [1.165, 1.54) is 11.1 Å². The van der Waals surface area contributed by atoms with Crippen LogP contribution in [-0.2, 0) is 0 Å². The smallest absolute Gasteiger partial charge is 0.172 e. The zero-order chi connectivity index (χ0) is 21.2. The van der Waals surface area contributed by atoms with Crippen LogP contribution in [0.25, 0.3) is 0 Å². The van der Waals surface area contributed by atoms with Gasteiger partial charge in [-0.05, 0) is 43.1 Å². The molecular formula is C27H27ClN2O. The average Bonchev–Trinajstić information content (AvgIpc) is 2.83. The summed E-state index contributed by atoms with van der Waals surface area (Å²) in [6.45, 7) is 2.15. The second kappa shape index (κ2) is 8.96. The number of aliphatic imine (C=N–C) groups is 1. The van der Waals surface area contributed by atoms with Crippen molar-refractivity contribution in [1.29, 1.82) is 0 Å². The molecule has 0 amide bonds. The zero-order valence-electron chi connectivity index (χ0n) is 17.4. The molecule has 3 nitrogen and oxygen atoms in total. The number of hydrogen-bond donors (Lipinski definition) is 1. The molecule has 3 aromatic carbocycles. The van der Waals surface area contributed by atoms with Crippen molar-refractivity contribution in [3.63, 3.8) is 0 Å². The van der Waals surface area contributed by atoms with Crippen LogP contribution in [-0.4, -0.2) is 34.8 Å². The maximum Gasteiger partial charge on any atom is 0.172 e. The molecule has 2 unspecified atom stereocenters. The van der Waals surface area contributed by atoms with Crippen LogP contribution in [0.15, 0.2) is 89.9 Å². The maximum atomic E-state index is 11.0. The molecule has 3 aromatic rings. The van der Waals surface area contributed by atoms with Crippen LogP contribution >= 0.6 is 11.6 Å². The molecule has 1 N–H and O–H groups in total. The molecule has 6 rings (SSSR count). The fourth-order valence-electron chi connectivity index (χ4n) is 5.24. The minimum atomic E-state index is -0.945. The molecule has 0 spiro atoms. The summed E-state index contributed by atoms with van der Waals surface area (Å²) in [5, 5.41) is 11.6. The molecule has 2 bridgehead atoms. The van der Waals surface area contributed by atoms with Gasteiger partial charge in [-0.3, -0.25) is 9.89 Å². The van der Waals surface area contributed by atoms with Gasteiger partial charge in [0.1, 0.15) is 0 Å². The number of aliphatic hydroxyl groups excluding tert-OH is 1. The van der Waals surface area contributed by atoms with E-state index in [4.69, 9.17) is 16.6 Å². The number of fused-ring (bicyclic) bond motifs is 3. The highest BCUT2D eigenvalue weighted by atomic mass is 35.5. The second-order valence-electron chi connectivity index (χ2n) is 8.50. The number of hydrogen-bond acceptors (Lipinski definition) is 3. The van der Waals surface area contributed by atoms with E-state index in [0.29, 0.717) is 16.5 Å². The SMILES string of the molecule is OC(N=C1C2CCN(CC2)C1C(c1ccccc1)c1ccccc1)c1ccccc1Cl. The first-order chi connectivity index (χ1) is 15.2. The van der Waals surface area contributed by atoms with Gasteiger partial charge in [0, 0.05) is 28.1 Å². The first-order valence-electron chi connectivity index (χ1n) is 11.1. The van der Waals surface area contributed by atoms with Crippen molar-refractivity contribution >= 4 is 17.3 Å². The minimum Gasteiger partial charge on any atom is -0.368 e. The van der Waals surface area contributed by atoms with Gasteiger partial charge < -0.3 is 5.11 Å². The van der Waals surface area contributed by atoms with Crippen LogP contribution in [0.5, 0.6) is 0 Å². The Morgan fingerprint density at radius 1 is 0.806 bits per heavy atom. The molecule has 3 aliphatic heterocycles. The molecule has 3 saturated heterocycles. The first-order valence-corrected chi connectivity index (χ1v) is 11.4. The Balaban J connectivity index is 1.61. The largest absolute Gasteiger partial charge is 0.368 e. The summed E-state index contributed by atoms with van der Waals surface area (Å²) >= 11 is 6.37. The molecule has 31 heavy (non-hydrogen) atoms. The Bertz CT molecular complexity index is 1010. The summed E-state index contributed by atoms with van der Waals surface area (Å²) in [4.78, 5) is 7.51. The minimum absolute atomic E-state index is 0.134. The van der Waals surface area contributed by atoms with Crippen molar-refractivity contribution in [3.8, 4) is 0 Å². The normalized spacial score (nSPS) is 25.1. The maximum absolute atomic E-state index is 11.0. The second-order valence-corrected chi connectivity index (χ2v) is 8.91. The van der Waals surface area contributed by atoms with E-state index >= 15 is 0 Å². The predicted octanol–water partition coefficient (Wildman–Crippen LogP) is 5.70. The van der Waals surface area contributed by atoms with Crippen molar-refractivity contribution in [2.45, 2.75) is 31.0 Å². The average molecular weight is 431 g/mol. The predicted molar refractivity (Wildman–Crippen MR) is 127 cm³/mol. The van der Waals surface area contributed by atoms with Gasteiger partial charge in [-0.1, -0.05) is 90.5 Å². The Morgan fingerprint density at radius 2 is 1.35 bits per heavy atom. The van der Waals surface area contributed by atoms with Crippen LogP contribution in [0.3, 0.4) is 0 Å². The van der Waals surface area contributed by atoms with Crippen LogP contribution in [0.2, 0.25) is 5.02 Å². The molecule has 3 fully saturated rings. The van der Waals surface area contributed by atoms with E-state index in [1.54, 1.807) is 0 Å². The van der Waals surface area contributed by atoms with Gasteiger partial charge >= 0.3 is 0 Å². The van der Waals surface area contributed by atoms with Crippen molar-refractivity contribution in [1.82, 2.24) is 4.90 Å². The third kappa shape index (κ3) is 4.06. The summed E-state index contributed by atoms with van der Waals surface area (Å²) in [5.74, 6) is 0.574. The number of halogens is 1. The van der Waals surface area contributed by atoms with Gasteiger partial charge in [0.2, 0.25) is 0 Å². The van der Waals surface area contributed by atoms with Gasteiger partial charge in [0.15, 0.2) is 6.23 Å². The highest BCUT2D eigenvalue weighted by molar-refractivity contribution is 6.31. The summed E-state index contributed by atoms with van der Waals surface area (Å²) in [7, 11) is 0. The van der Waals surface area contributed by atoms with Gasteiger partial charge in [-0.15, -0.1) is 0 Å². The lowest BCUT2D eigenvalue weighted by atomic mass is 9.72. The molecule has 3 heterocycles. The molecule has 158 valence electrons. The summed E-state index contributed by atoms with van der Waals surface area (Å²) in [6.07, 6.45) is 1.25. The molecule has 3 aliphatic rings. The van der Waals surface area contributed by atoms with Crippen molar-refractivity contribution in [2.75, 3.05) is 13.1 Å². The summed E-state index contributed by atoms with van der Waals surface area (Å²) in [6, 6.07) is 29.0. The van der Waals surface area contributed by atoms with E-state index in [0.717, 1.165) is 31.6 Å². The first kappa shape index (κ1) is 20.4. The van der Waals surface area contributed by atoms with E-state index in [2.05, 4.69) is 65.6 Å². The standard InChI is InChI=1S/C27H27ClN2O/c28-23-14-8-7-13-22(23)27(31)29-25-21-15-17-30(18-16-21)26(25)24(19-9-3-1-4-10-19)20-11-5-2-6-12-20/h1-14,21,24,26-27,31H,15-18H2. The van der Waals surface area contributed by atoms with Crippen molar-refractivity contribution in [3.05, 3.63) is 107 Å². The third-order valence-corrected chi connectivity index (χ3v) is 7.08. The lowest BCUT2D eigenvalue weighted by Gasteiger charge is -2.50. The monoisotopic (exact) mass is 430 g/mol. The van der Waals surface area contributed by atoms with Crippen molar-refractivity contribution in [2.24, 2.45) is 10.9 Å². The lowest BCUT2D eigenvalue weighted by molar-refractivity contribution is 0.128. The van der Waals surface area contributed by atoms with Gasteiger partial charge in [0.25, 0.3) is 0 Å². The van der Waals surface area contributed by atoms with Gasteiger partial charge in [-0.2, -0.15) is 0 Å². The third-order valence-electron chi connectivity index (χ3n) is 6.73. The highest BCUT2D eigenvalue weighted by Gasteiger charge is 2.44. The summed E-state index contributed by atoms with van der Waals surface area (Å²) in [5.41, 5.74) is 4.35. The van der Waals surface area contributed by atoms with Crippen LogP contribution in [0, 0.1) is 5.92 Å². The van der Waals surface area contributed by atoms with E-state index in [-0.39, 0.29) is 12.0 Å². The van der Waals surface area contributed by atoms with Crippen LogP contribution < -0.4 is 0 Å². The van der Waals surface area contributed by atoms with E-state index in [9.17, 15) is 5.11 Å². The zero-order valence-corrected chi connectivity index (χ0v) is 18.2. The van der Waals surface area contributed by atoms with E-state index < -0.39 is 6.23 Å². The number of piperidine rings is 3. The molecule has 0 aromatic heterocycles. The lowest BCUT2D eigenvalue weighted by Crippen LogP contribution is -2.58. The Labute approximate surface area is 189 Å². The molecule has 2 atom stereocenters. The Hall–Kier alpha value is -2.46. The molecule has 0 aliphatic carbocycles. The van der Waals surface area contributed by atoms with Crippen LogP contribution in [0.1, 0.15) is 41.7 Å². The Morgan fingerprint density at radius 3 is 1.94 bits per heavy atom. The quantitative estimate of drug-likeness (QED) is 0.563. The Kier molecular flexibility index (Phi) is 5.91. The molecule has 0 saturated carbocycles. The number of benzene rings is 3. The molecular weight excluding hydrogens is 404 g/mol. The molecule has 4 heteroatoms. The fourth-order valence-corrected chi connectivity index (χ4v) is 5.47. The van der Waals surface area contributed by atoms with E-state index in [1.807, 2.05) is 24.3 Å². The van der Waals surface area contributed by atoms with Gasteiger partial charge in [-0.25, -0.2) is 0 Å². The highest BCUT2D eigenvalue weighted by Crippen LogP contribution is 2.41. The van der Waals surface area contributed by atoms with Gasteiger partial charge in [0.05, 0.1) is 6.04 Å². The number of rotatable bonds is 5. The van der Waals surface area contributed by atoms with Crippen LogP contribution in [0.4, 0.5) is 0 Å². The number of aliphatic hydroxyl groups is 1. The molecule has 0 radical (unpaired) electrons. The summed E-state index contributed by atoms with van der Waals surface area (Å²) < 4.78 is 0. The number of nitrogens with zero attached hydrogens (tertiary/aromatic N) is 2. The van der Waals surface area contributed by atoms with Crippen molar-refractivity contribution < 1.29 is 5.11 Å². The topological polar surface area (TPSA) is 35.8 Å². The fraction of sp³-hybridized carbons (Fsp3) is 0.296.